The Bertz CT molecular complexity index is 1120. The molecule has 4 aliphatic heterocycles. The van der Waals surface area contributed by atoms with Crippen LogP contribution in [0.25, 0.3) is 0 Å². The van der Waals surface area contributed by atoms with Gasteiger partial charge in [0.2, 0.25) is 0 Å². The van der Waals surface area contributed by atoms with Gasteiger partial charge in [-0.1, -0.05) is 24.3 Å². The summed E-state index contributed by atoms with van der Waals surface area (Å²) in [5, 5.41) is 15.5. The number of nitrogens with one attached hydrogen (secondary N) is 3. The van der Waals surface area contributed by atoms with Crippen LogP contribution < -0.4 is 16.0 Å². The van der Waals surface area contributed by atoms with Gasteiger partial charge in [0.1, 0.15) is 23.8 Å². The van der Waals surface area contributed by atoms with Gasteiger partial charge in [0.15, 0.2) is 11.1 Å². The number of dihydropyridines is 1. The average Bonchev–Trinajstić information content (AvgIpc) is 3.28. The van der Waals surface area contributed by atoms with Gasteiger partial charge in [0, 0.05) is 24.9 Å². The van der Waals surface area contributed by atoms with Crippen molar-refractivity contribution in [3.05, 3.63) is 77.9 Å². The van der Waals surface area contributed by atoms with E-state index in [0.717, 1.165) is 13.1 Å². The quantitative estimate of drug-likeness (QED) is 0.459. The summed E-state index contributed by atoms with van der Waals surface area (Å²) in [4.78, 5) is 15.6. The number of fused-ring (bicyclic) bond motifs is 1. The first-order chi connectivity index (χ1) is 16.1. The molecule has 4 N–H and O–H groups in total. The lowest BCUT2D eigenvalue weighted by Crippen LogP contribution is -2.52. The molecule has 0 bridgehead atoms. The number of hydrazone groups is 1. The fraction of sp³-hybridized carbons (Fsp3) is 0.273. The van der Waals surface area contributed by atoms with Crippen LogP contribution in [-0.2, 0) is 20.6 Å². The summed E-state index contributed by atoms with van der Waals surface area (Å²) in [5.41, 5.74) is 1.37. The van der Waals surface area contributed by atoms with Crippen molar-refractivity contribution in [1.82, 2.24) is 25.9 Å². The first-order valence-corrected chi connectivity index (χ1v) is 11.7. The number of benzene rings is 1. The van der Waals surface area contributed by atoms with Crippen LogP contribution in [0, 0.1) is 0 Å². The molecule has 10 nitrogen and oxygen atoms in total. The fourth-order valence-electron chi connectivity index (χ4n) is 4.02. The molecule has 33 heavy (non-hydrogen) atoms. The Balaban J connectivity index is 1.30. The number of allylic oxidation sites excluding steroid dienone is 3. The van der Waals surface area contributed by atoms with Crippen LogP contribution >= 0.6 is 0 Å². The minimum atomic E-state index is -2.15. The Morgan fingerprint density at radius 3 is 2.85 bits per heavy atom. The molecule has 0 aromatic heterocycles. The molecule has 0 aliphatic carbocycles. The van der Waals surface area contributed by atoms with Gasteiger partial charge in [0.25, 0.3) is 5.91 Å². The largest absolute Gasteiger partial charge is 0.379 e. The van der Waals surface area contributed by atoms with Gasteiger partial charge in [-0.2, -0.15) is 5.10 Å². The highest BCUT2D eigenvalue weighted by atomic mass is 32.2. The molecule has 3 unspecified atom stereocenters. The fourth-order valence-corrected chi connectivity index (χ4v) is 4.58. The Kier molecular flexibility index (Phi) is 6.09. The first-order valence-electron chi connectivity index (χ1n) is 10.6. The highest BCUT2D eigenvalue weighted by molar-refractivity contribution is 7.79. The SMILES string of the molecule is O=C(NC1=CC=CC(N2CCOCC2)N1)C1=CNC2C=CC(c3ccccc3S(=O)O)=NN12. The maximum Gasteiger partial charge on any atom is 0.276 e. The van der Waals surface area contributed by atoms with Crippen LogP contribution in [0.5, 0.6) is 0 Å². The number of ether oxygens (including phenoxy) is 1. The number of amides is 1. The lowest BCUT2D eigenvalue weighted by atomic mass is 10.1. The van der Waals surface area contributed by atoms with Gasteiger partial charge in [-0.05, 0) is 30.4 Å². The van der Waals surface area contributed by atoms with Crippen LogP contribution in [0.2, 0.25) is 0 Å². The van der Waals surface area contributed by atoms with Crippen molar-refractivity contribution in [2.24, 2.45) is 5.10 Å². The zero-order valence-corrected chi connectivity index (χ0v) is 18.5. The second-order valence-electron chi connectivity index (χ2n) is 7.73. The Hall–Kier alpha value is -3.25. The van der Waals surface area contributed by atoms with E-state index in [2.05, 4.69) is 26.0 Å². The van der Waals surface area contributed by atoms with Crippen molar-refractivity contribution in [2.45, 2.75) is 17.2 Å². The van der Waals surface area contributed by atoms with E-state index in [-0.39, 0.29) is 23.1 Å². The molecule has 0 spiro atoms. The lowest BCUT2D eigenvalue weighted by Gasteiger charge is -2.35. The molecule has 5 rings (SSSR count). The molecule has 1 saturated heterocycles. The predicted molar refractivity (Wildman–Crippen MR) is 123 cm³/mol. The summed E-state index contributed by atoms with van der Waals surface area (Å²) in [6.45, 7) is 3.01. The number of hydrogen-bond acceptors (Lipinski definition) is 8. The number of carbonyl (C=O) groups is 1. The van der Waals surface area contributed by atoms with Crippen molar-refractivity contribution < 1.29 is 18.3 Å². The molecule has 0 saturated carbocycles. The van der Waals surface area contributed by atoms with E-state index in [1.165, 1.54) is 0 Å². The summed E-state index contributed by atoms with van der Waals surface area (Å²) in [5.74, 6) is 0.276. The third kappa shape index (κ3) is 4.48. The van der Waals surface area contributed by atoms with Gasteiger partial charge in [0.05, 0.1) is 23.8 Å². The molecule has 1 aromatic rings. The van der Waals surface area contributed by atoms with Crippen molar-refractivity contribution in [3.8, 4) is 0 Å². The van der Waals surface area contributed by atoms with E-state index in [4.69, 9.17) is 4.74 Å². The maximum absolute atomic E-state index is 13.1. The van der Waals surface area contributed by atoms with Crippen LogP contribution in [0.4, 0.5) is 0 Å². The van der Waals surface area contributed by atoms with Crippen LogP contribution in [0.3, 0.4) is 0 Å². The number of rotatable bonds is 5. The Labute approximate surface area is 193 Å². The maximum atomic E-state index is 13.1. The number of morpholine rings is 1. The molecular weight excluding hydrogens is 444 g/mol. The molecule has 1 amide bonds. The average molecular weight is 469 g/mol. The van der Waals surface area contributed by atoms with Gasteiger partial charge >= 0.3 is 0 Å². The molecule has 1 fully saturated rings. The van der Waals surface area contributed by atoms with E-state index in [1.807, 2.05) is 24.3 Å². The van der Waals surface area contributed by atoms with Crippen LogP contribution in [0.15, 0.2) is 82.4 Å². The van der Waals surface area contributed by atoms with Crippen molar-refractivity contribution in [1.29, 1.82) is 0 Å². The number of nitrogens with zero attached hydrogens (tertiary/aromatic N) is 3. The molecule has 172 valence electrons. The third-order valence-corrected chi connectivity index (χ3v) is 6.42. The van der Waals surface area contributed by atoms with Crippen molar-refractivity contribution in [3.63, 3.8) is 0 Å². The topological polar surface area (TPSA) is 119 Å². The molecule has 4 aliphatic rings. The minimum Gasteiger partial charge on any atom is -0.379 e. The van der Waals surface area contributed by atoms with Crippen LogP contribution in [0.1, 0.15) is 5.56 Å². The van der Waals surface area contributed by atoms with Crippen LogP contribution in [-0.4, -0.2) is 68.9 Å². The summed E-state index contributed by atoms with van der Waals surface area (Å²) >= 11 is -2.15. The van der Waals surface area contributed by atoms with E-state index in [9.17, 15) is 13.6 Å². The highest BCUT2D eigenvalue weighted by Crippen LogP contribution is 2.24. The van der Waals surface area contributed by atoms with Gasteiger partial charge in [-0.3, -0.25) is 9.69 Å². The summed E-state index contributed by atoms with van der Waals surface area (Å²) in [6.07, 6.45) is 10.7. The molecule has 3 atom stereocenters. The van der Waals surface area contributed by atoms with E-state index < -0.39 is 11.1 Å². The second kappa shape index (κ2) is 9.32. The van der Waals surface area contributed by atoms with E-state index in [1.54, 1.807) is 41.6 Å². The molecule has 4 heterocycles. The van der Waals surface area contributed by atoms with E-state index >= 15 is 0 Å². The Morgan fingerprint density at radius 1 is 1.21 bits per heavy atom. The molecular formula is C22H24N6O4S. The van der Waals surface area contributed by atoms with E-state index in [0.29, 0.717) is 36.0 Å². The minimum absolute atomic E-state index is 0.0176. The number of carbonyl (C=O) groups excluding carboxylic acids is 1. The second-order valence-corrected chi connectivity index (χ2v) is 8.67. The van der Waals surface area contributed by atoms with Gasteiger partial charge in [-0.25, -0.2) is 9.22 Å². The van der Waals surface area contributed by atoms with Gasteiger partial charge < -0.3 is 25.2 Å². The smallest absolute Gasteiger partial charge is 0.276 e. The highest BCUT2D eigenvalue weighted by Gasteiger charge is 2.32. The Morgan fingerprint density at radius 2 is 2.03 bits per heavy atom. The number of hydrogen-bond donors (Lipinski definition) is 4. The summed E-state index contributed by atoms with van der Waals surface area (Å²) < 4.78 is 26.8. The van der Waals surface area contributed by atoms with Crippen molar-refractivity contribution >= 4 is 22.7 Å². The van der Waals surface area contributed by atoms with Crippen molar-refractivity contribution in [2.75, 3.05) is 26.3 Å². The third-order valence-electron chi connectivity index (χ3n) is 5.68. The monoisotopic (exact) mass is 468 g/mol. The first kappa shape index (κ1) is 21.6. The standard InChI is InChI=1S/C22H24N6O4S/c29-22(25-19-6-3-7-21(24-19)27-10-12-32-13-11-27)17-14-23-20-9-8-16(26-28(17)20)15-4-1-2-5-18(15)33(30)31/h1-9,14,20-21,23-24H,10-13H2,(H,25,29)(H,30,31). The molecule has 0 radical (unpaired) electrons. The summed E-state index contributed by atoms with van der Waals surface area (Å²) in [6, 6.07) is 6.79. The molecule has 11 heteroatoms. The lowest BCUT2D eigenvalue weighted by molar-refractivity contribution is -0.118. The summed E-state index contributed by atoms with van der Waals surface area (Å²) in [7, 11) is 0. The normalized spacial score (nSPS) is 25.2. The molecule has 1 aromatic carbocycles. The zero-order valence-electron chi connectivity index (χ0n) is 17.7. The van der Waals surface area contributed by atoms with Gasteiger partial charge in [-0.15, -0.1) is 0 Å². The predicted octanol–water partition coefficient (Wildman–Crippen LogP) is 0.389. The zero-order chi connectivity index (χ0) is 22.8.